The number of aldehydes is 1. The summed E-state index contributed by atoms with van der Waals surface area (Å²) in [4.78, 5) is 31.0. The zero-order valence-electron chi connectivity index (χ0n) is 14.9. The van der Waals surface area contributed by atoms with Gasteiger partial charge < -0.3 is 4.79 Å². The van der Waals surface area contributed by atoms with Gasteiger partial charge in [0.05, 0.1) is 22.7 Å². The molecule has 0 aliphatic heterocycles. The molecule has 0 heterocycles. The van der Waals surface area contributed by atoms with Crippen LogP contribution in [0.4, 0.5) is 0 Å². The van der Waals surface area contributed by atoms with E-state index in [2.05, 4.69) is 0 Å². The van der Waals surface area contributed by atoms with E-state index in [0.717, 1.165) is 44.8 Å². The van der Waals surface area contributed by atoms with Crippen molar-refractivity contribution in [3.63, 3.8) is 0 Å². The molecule has 0 aliphatic rings. The van der Waals surface area contributed by atoms with Crippen LogP contribution in [0, 0.1) is 20.2 Å². The van der Waals surface area contributed by atoms with Crippen LogP contribution >= 0.6 is 0 Å². The lowest BCUT2D eigenvalue weighted by atomic mass is 10.1. The molecule has 0 saturated carbocycles. The lowest BCUT2D eigenvalue weighted by Crippen LogP contribution is -2.01. The third-order valence-corrected chi connectivity index (χ3v) is 3.64. The molecule has 0 spiro atoms. The molecule has 0 aromatic carbocycles. The lowest BCUT2D eigenvalue weighted by Gasteiger charge is -1.98. The summed E-state index contributed by atoms with van der Waals surface area (Å²) < 4.78 is 0. The van der Waals surface area contributed by atoms with Gasteiger partial charge in [0.1, 0.15) is 6.29 Å². The summed E-state index contributed by atoms with van der Waals surface area (Å²) in [5, 5.41) is 21.8. The number of carbonyl (C=O) groups excluding carboxylic acids is 1. The summed E-state index contributed by atoms with van der Waals surface area (Å²) in [7, 11) is 0. The molecule has 0 bridgehead atoms. The molecule has 0 rings (SSSR count). The predicted molar refractivity (Wildman–Crippen MR) is 97.2 cm³/mol. The number of nitrogens with zero attached hydrogens (tertiary/aromatic N) is 2. The second-order valence-corrected chi connectivity index (χ2v) is 5.70. The molecule has 7 nitrogen and oxygen atoms in total. The first-order valence-corrected chi connectivity index (χ1v) is 8.78. The predicted octanol–water partition coefficient (Wildman–Crippen LogP) is 4.98. The Balaban J connectivity index is 4.20. The zero-order chi connectivity index (χ0) is 18.9. The lowest BCUT2D eigenvalue weighted by molar-refractivity contribution is -0.431. The van der Waals surface area contributed by atoms with Gasteiger partial charge in [-0.05, 0) is 37.8 Å². The monoisotopic (exact) mass is 352 g/mol. The summed E-state index contributed by atoms with van der Waals surface area (Å²) in [5.41, 5.74) is -0.0330. The van der Waals surface area contributed by atoms with Crippen molar-refractivity contribution in [2.45, 2.75) is 71.1 Å². The highest BCUT2D eigenvalue weighted by Gasteiger charge is 2.13. The van der Waals surface area contributed by atoms with Gasteiger partial charge in [-0.3, -0.25) is 20.2 Å². The fraction of sp³-hybridized carbons (Fsp3) is 0.611. The summed E-state index contributed by atoms with van der Waals surface area (Å²) in [6, 6.07) is 0. The van der Waals surface area contributed by atoms with Gasteiger partial charge in [0.15, 0.2) is 0 Å². The largest absolute Gasteiger partial charge is 0.303 e. The Hall–Kier alpha value is -2.31. The Morgan fingerprint density at radius 2 is 1.36 bits per heavy atom. The molecule has 0 aliphatic carbocycles. The minimum Gasteiger partial charge on any atom is -0.303 e. The van der Waals surface area contributed by atoms with Crippen LogP contribution in [0.25, 0.3) is 0 Å². The van der Waals surface area contributed by atoms with Crippen LogP contribution < -0.4 is 0 Å². The summed E-state index contributed by atoms with van der Waals surface area (Å²) in [5.74, 6) is 0. The molecule has 0 radical (unpaired) electrons. The number of unbranched alkanes of at least 4 members (excludes halogenated alkanes) is 6. The fourth-order valence-electron chi connectivity index (χ4n) is 2.26. The Bertz CT molecular complexity index is 510. The van der Waals surface area contributed by atoms with Gasteiger partial charge in [0.2, 0.25) is 11.4 Å². The highest BCUT2D eigenvalue weighted by atomic mass is 16.6. The molecule has 0 fully saturated rings. The quantitative estimate of drug-likeness (QED) is 0.136. The van der Waals surface area contributed by atoms with Crippen LogP contribution in [0.5, 0.6) is 0 Å². The second-order valence-electron chi connectivity index (χ2n) is 5.70. The molecule has 0 aromatic heterocycles. The summed E-state index contributed by atoms with van der Waals surface area (Å²) >= 11 is 0. The van der Waals surface area contributed by atoms with Gasteiger partial charge in [-0.2, -0.15) is 0 Å². The van der Waals surface area contributed by atoms with E-state index in [1.807, 2.05) is 6.08 Å². The Kier molecular flexibility index (Phi) is 13.8. The molecule has 0 saturated heterocycles. The average molecular weight is 352 g/mol. The Morgan fingerprint density at radius 3 is 1.92 bits per heavy atom. The van der Waals surface area contributed by atoms with E-state index >= 15 is 0 Å². The van der Waals surface area contributed by atoms with E-state index in [4.69, 9.17) is 0 Å². The first-order chi connectivity index (χ1) is 12.0. The topological polar surface area (TPSA) is 103 Å². The van der Waals surface area contributed by atoms with Crippen LogP contribution in [0.3, 0.4) is 0 Å². The van der Waals surface area contributed by atoms with Gasteiger partial charge in [-0.1, -0.05) is 38.3 Å². The highest BCUT2D eigenvalue weighted by Crippen LogP contribution is 2.12. The van der Waals surface area contributed by atoms with Crippen molar-refractivity contribution in [3.05, 3.63) is 55.9 Å². The molecular formula is C18H28N2O5. The van der Waals surface area contributed by atoms with Crippen molar-refractivity contribution in [1.29, 1.82) is 0 Å². The molecule has 0 atom stereocenters. The van der Waals surface area contributed by atoms with E-state index in [0.29, 0.717) is 12.8 Å². The van der Waals surface area contributed by atoms with E-state index in [-0.39, 0.29) is 24.2 Å². The number of nitro groups is 2. The number of allylic oxidation sites excluding steroid dienone is 4. The molecule has 0 unspecified atom stereocenters. The van der Waals surface area contributed by atoms with E-state index in [9.17, 15) is 25.0 Å². The Labute approximate surface area is 148 Å². The number of rotatable bonds is 15. The van der Waals surface area contributed by atoms with E-state index in [1.165, 1.54) is 12.2 Å². The summed E-state index contributed by atoms with van der Waals surface area (Å²) in [6.45, 7) is 1.78. The van der Waals surface area contributed by atoms with Crippen LogP contribution in [0.1, 0.15) is 71.1 Å². The average Bonchev–Trinajstić information content (AvgIpc) is 2.57. The second kappa shape index (κ2) is 15.2. The molecule has 7 heteroatoms. The first-order valence-electron chi connectivity index (χ1n) is 8.78. The van der Waals surface area contributed by atoms with Crippen LogP contribution in [0.15, 0.2) is 35.7 Å². The van der Waals surface area contributed by atoms with Crippen molar-refractivity contribution >= 4 is 6.29 Å². The molecular weight excluding hydrogens is 324 g/mol. The SMILES string of the molecule is CC/C=C(\C/C=C(\C/C=C\CCCCCCCC=O)[N+](=O)[O-])[N+](=O)[O-]. The Morgan fingerprint density at radius 1 is 0.800 bits per heavy atom. The van der Waals surface area contributed by atoms with Crippen molar-refractivity contribution in [1.82, 2.24) is 0 Å². The fourth-order valence-corrected chi connectivity index (χ4v) is 2.26. The van der Waals surface area contributed by atoms with Crippen molar-refractivity contribution in [2.75, 3.05) is 0 Å². The first kappa shape index (κ1) is 22.7. The van der Waals surface area contributed by atoms with Crippen molar-refractivity contribution in [2.24, 2.45) is 0 Å². The van der Waals surface area contributed by atoms with Crippen molar-refractivity contribution in [3.8, 4) is 0 Å². The summed E-state index contributed by atoms with van der Waals surface area (Å²) in [6.07, 6.45) is 14.7. The number of carbonyl (C=O) groups is 1. The van der Waals surface area contributed by atoms with E-state index < -0.39 is 9.85 Å². The number of hydrogen-bond acceptors (Lipinski definition) is 5. The maximum absolute atomic E-state index is 11.0. The van der Waals surface area contributed by atoms with Gasteiger partial charge in [-0.15, -0.1) is 0 Å². The minimum atomic E-state index is -0.498. The maximum atomic E-state index is 11.0. The smallest absolute Gasteiger partial charge is 0.246 e. The third kappa shape index (κ3) is 12.7. The number of hydrogen-bond donors (Lipinski definition) is 0. The molecule has 0 aromatic rings. The van der Waals surface area contributed by atoms with Crippen LogP contribution in [0.2, 0.25) is 0 Å². The van der Waals surface area contributed by atoms with Gasteiger partial charge >= 0.3 is 0 Å². The molecule has 0 amide bonds. The van der Waals surface area contributed by atoms with E-state index in [1.54, 1.807) is 13.0 Å². The van der Waals surface area contributed by atoms with Crippen molar-refractivity contribution < 1.29 is 14.6 Å². The zero-order valence-corrected chi connectivity index (χ0v) is 14.9. The van der Waals surface area contributed by atoms with Crippen LogP contribution in [-0.4, -0.2) is 16.1 Å². The third-order valence-electron chi connectivity index (χ3n) is 3.64. The highest BCUT2D eigenvalue weighted by molar-refractivity contribution is 5.48. The maximum Gasteiger partial charge on any atom is 0.246 e. The van der Waals surface area contributed by atoms with Gasteiger partial charge in [0.25, 0.3) is 0 Å². The van der Waals surface area contributed by atoms with Crippen LogP contribution in [-0.2, 0) is 4.79 Å². The van der Waals surface area contributed by atoms with Gasteiger partial charge in [0, 0.05) is 6.42 Å². The van der Waals surface area contributed by atoms with Gasteiger partial charge in [-0.25, -0.2) is 0 Å². The normalized spacial score (nSPS) is 12.5. The molecule has 0 N–H and O–H groups in total. The standard InChI is InChI=1S/C18H28N2O5/c1-2-12-17(19(22)23)14-15-18(20(24)25)13-10-8-6-4-3-5-7-9-11-16-21/h8,10,12,15-16H,2-7,9,11,13-14H2,1H3/b10-8-,17-12+,18-15+. The molecule has 25 heavy (non-hydrogen) atoms. The minimum absolute atomic E-state index is 0.0135. The molecule has 140 valence electrons.